The topological polar surface area (TPSA) is 120 Å². The summed E-state index contributed by atoms with van der Waals surface area (Å²) in [6.45, 7) is 1.78. The third-order valence-corrected chi connectivity index (χ3v) is 5.08. The Bertz CT molecular complexity index is 1050. The van der Waals surface area contributed by atoms with Crippen molar-refractivity contribution in [1.29, 1.82) is 0 Å². The van der Waals surface area contributed by atoms with E-state index in [1.807, 2.05) is 0 Å². The number of rotatable bonds is 9. The first-order valence-corrected chi connectivity index (χ1v) is 10.4. The molecule has 0 atom stereocenters. The Morgan fingerprint density at radius 1 is 1.00 bits per heavy atom. The molecule has 10 nitrogen and oxygen atoms in total. The summed E-state index contributed by atoms with van der Waals surface area (Å²) in [6, 6.07) is 12.2. The number of ether oxygens (including phenoxy) is 2. The van der Waals surface area contributed by atoms with Crippen LogP contribution in [0.25, 0.3) is 5.69 Å². The molecular formula is C20H22N6O4S. The predicted octanol–water partition coefficient (Wildman–Crippen LogP) is 2.76. The number of aromatic nitrogens is 4. The SMILES string of the molecule is CCC(=O)Nc1ccc(NC(=O)CSc2nnnn2-c2ccc(OC)cc2OC)cc1. The molecule has 0 spiro atoms. The van der Waals surface area contributed by atoms with Gasteiger partial charge in [-0.3, -0.25) is 9.59 Å². The largest absolute Gasteiger partial charge is 0.497 e. The van der Waals surface area contributed by atoms with Crippen LogP contribution in [-0.2, 0) is 9.59 Å². The Hall–Kier alpha value is -3.60. The van der Waals surface area contributed by atoms with Gasteiger partial charge in [0, 0.05) is 23.9 Å². The molecule has 0 aliphatic heterocycles. The van der Waals surface area contributed by atoms with Gasteiger partial charge in [-0.2, -0.15) is 4.68 Å². The molecule has 0 aliphatic carbocycles. The number of tetrazole rings is 1. The van der Waals surface area contributed by atoms with Crippen molar-refractivity contribution in [2.75, 3.05) is 30.6 Å². The lowest BCUT2D eigenvalue weighted by atomic mass is 10.2. The van der Waals surface area contributed by atoms with E-state index in [1.165, 1.54) is 16.4 Å². The van der Waals surface area contributed by atoms with Crippen LogP contribution in [0.2, 0.25) is 0 Å². The molecule has 162 valence electrons. The lowest BCUT2D eigenvalue weighted by Crippen LogP contribution is -2.15. The summed E-state index contributed by atoms with van der Waals surface area (Å²) in [5, 5.41) is 17.7. The number of thioether (sulfide) groups is 1. The van der Waals surface area contributed by atoms with E-state index in [1.54, 1.807) is 63.6 Å². The second-order valence-electron chi connectivity index (χ2n) is 6.23. The molecule has 2 amide bonds. The molecule has 1 heterocycles. The quantitative estimate of drug-likeness (QED) is 0.486. The van der Waals surface area contributed by atoms with Crippen LogP contribution in [-0.4, -0.2) is 52.0 Å². The molecule has 0 unspecified atom stereocenters. The highest BCUT2D eigenvalue weighted by molar-refractivity contribution is 7.99. The van der Waals surface area contributed by atoms with Gasteiger partial charge in [0.2, 0.25) is 17.0 Å². The summed E-state index contributed by atoms with van der Waals surface area (Å²) in [7, 11) is 3.11. The second kappa shape index (κ2) is 10.4. The molecule has 2 N–H and O–H groups in total. The van der Waals surface area contributed by atoms with Gasteiger partial charge in [0.1, 0.15) is 17.2 Å². The van der Waals surface area contributed by atoms with Crippen LogP contribution in [0, 0.1) is 0 Å². The van der Waals surface area contributed by atoms with Gasteiger partial charge in [0.25, 0.3) is 0 Å². The van der Waals surface area contributed by atoms with E-state index in [4.69, 9.17) is 9.47 Å². The number of carbonyl (C=O) groups excluding carboxylic acids is 2. The molecule has 1 aromatic heterocycles. The van der Waals surface area contributed by atoms with Crippen molar-refractivity contribution in [3.05, 3.63) is 42.5 Å². The van der Waals surface area contributed by atoms with Crippen molar-refractivity contribution in [2.24, 2.45) is 0 Å². The number of anilines is 2. The molecule has 0 radical (unpaired) electrons. The lowest BCUT2D eigenvalue weighted by molar-refractivity contribution is -0.116. The van der Waals surface area contributed by atoms with Crippen LogP contribution in [0.3, 0.4) is 0 Å². The molecule has 0 bridgehead atoms. The fourth-order valence-corrected chi connectivity index (χ4v) is 3.28. The van der Waals surface area contributed by atoms with Crippen molar-refractivity contribution >= 4 is 35.0 Å². The molecule has 0 saturated heterocycles. The highest BCUT2D eigenvalue weighted by Gasteiger charge is 2.16. The van der Waals surface area contributed by atoms with Crippen LogP contribution in [0.15, 0.2) is 47.6 Å². The summed E-state index contributed by atoms with van der Waals surface area (Å²) in [4.78, 5) is 23.8. The predicted molar refractivity (Wildman–Crippen MR) is 117 cm³/mol. The molecule has 0 saturated carbocycles. The average molecular weight is 443 g/mol. The zero-order valence-corrected chi connectivity index (χ0v) is 18.1. The normalized spacial score (nSPS) is 10.4. The van der Waals surface area contributed by atoms with Gasteiger partial charge >= 0.3 is 0 Å². The highest BCUT2D eigenvalue weighted by atomic mass is 32.2. The van der Waals surface area contributed by atoms with E-state index >= 15 is 0 Å². The maximum absolute atomic E-state index is 12.4. The average Bonchev–Trinajstić information content (AvgIpc) is 3.26. The van der Waals surface area contributed by atoms with E-state index in [9.17, 15) is 9.59 Å². The van der Waals surface area contributed by atoms with Crippen molar-refractivity contribution in [1.82, 2.24) is 20.2 Å². The van der Waals surface area contributed by atoms with Crippen molar-refractivity contribution < 1.29 is 19.1 Å². The third-order valence-electron chi connectivity index (χ3n) is 4.16. The number of nitrogens with one attached hydrogen (secondary N) is 2. The summed E-state index contributed by atoms with van der Waals surface area (Å²) < 4.78 is 12.1. The molecule has 3 rings (SSSR count). The number of amides is 2. The Labute approximate surface area is 183 Å². The minimum Gasteiger partial charge on any atom is -0.497 e. The van der Waals surface area contributed by atoms with Gasteiger partial charge < -0.3 is 20.1 Å². The first-order chi connectivity index (χ1) is 15.0. The molecule has 31 heavy (non-hydrogen) atoms. The van der Waals surface area contributed by atoms with E-state index in [0.29, 0.717) is 40.1 Å². The minimum atomic E-state index is -0.216. The number of carbonyl (C=O) groups is 2. The van der Waals surface area contributed by atoms with Gasteiger partial charge in [0.05, 0.1) is 20.0 Å². The summed E-state index contributed by atoms with van der Waals surface area (Å²) in [5.74, 6) is 0.995. The van der Waals surface area contributed by atoms with Gasteiger partial charge in [-0.15, -0.1) is 5.10 Å². The van der Waals surface area contributed by atoms with Crippen molar-refractivity contribution in [3.8, 4) is 17.2 Å². The Morgan fingerprint density at radius 2 is 1.68 bits per heavy atom. The first kappa shape index (κ1) is 22.1. The summed E-state index contributed by atoms with van der Waals surface area (Å²) >= 11 is 1.19. The lowest BCUT2D eigenvalue weighted by Gasteiger charge is -2.11. The molecule has 3 aromatic rings. The maximum atomic E-state index is 12.4. The summed E-state index contributed by atoms with van der Waals surface area (Å²) in [5.41, 5.74) is 1.92. The number of nitrogens with zero attached hydrogens (tertiary/aromatic N) is 4. The van der Waals surface area contributed by atoms with Crippen LogP contribution in [0.4, 0.5) is 11.4 Å². The molecular weight excluding hydrogens is 420 g/mol. The second-order valence-corrected chi connectivity index (χ2v) is 7.17. The van der Waals surface area contributed by atoms with Gasteiger partial charge in [-0.25, -0.2) is 0 Å². The minimum absolute atomic E-state index is 0.0700. The fraction of sp³-hybridized carbons (Fsp3) is 0.250. The van der Waals surface area contributed by atoms with Gasteiger partial charge in [-0.1, -0.05) is 18.7 Å². The van der Waals surface area contributed by atoms with Gasteiger partial charge in [-0.05, 0) is 46.8 Å². The molecule has 0 fully saturated rings. The smallest absolute Gasteiger partial charge is 0.234 e. The van der Waals surface area contributed by atoms with E-state index < -0.39 is 0 Å². The molecule has 2 aromatic carbocycles. The Kier molecular flexibility index (Phi) is 7.44. The number of hydrogen-bond donors (Lipinski definition) is 2. The summed E-state index contributed by atoms with van der Waals surface area (Å²) in [6.07, 6.45) is 0.400. The Morgan fingerprint density at radius 3 is 2.29 bits per heavy atom. The van der Waals surface area contributed by atoms with E-state index in [-0.39, 0.29) is 17.6 Å². The number of hydrogen-bond acceptors (Lipinski definition) is 8. The number of methoxy groups -OCH3 is 2. The van der Waals surface area contributed by atoms with Crippen molar-refractivity contribution in [2.45, 2.75) is 18.5 Å². The monoisotopic (exact) mass is 442 g/mol. The van der Waals surface area contributed by atoms with Crippen LogP contribution < -0.4 is 20.1 Å². The zero-order valence-electron chi connectivity index (χ0n) is 17.3. The zero-order chi connectivity index (χ0) is 22.2. The van der Waals surface area contributed by atoms with Crippen LogP contribution in [0.5, 0.6) is 11.5 Å². The van der Waals surface area contributed by atoms with Gasteiger partial charge in [0.15, 0.2) is 0 Å². The van der Waals surface area contributed by atoms with Crippen LogP contribution in [0.1, 0.15) is 13.3 Å². The van der Waals surface area contributed by atoms with Crippen molar-refractivity contribution in [3.63, 3.8) is 0 Å². The highest BCUT2D eigenvalue weighted by Crippen LogP contribution is 2.29. The fourth-order valence-electron chi connectivity index (χ4n) is 2.59. The molecule has 11 heteroatoms. The van der Waals surface area contributed by atoms with Crippen LogP contribution >= 0.6 is 11.8 Å². The first-order valence-electron chi connectivity index (χ1n) is 9.37. The number of benzene rings is 2. The van der Waals surface area contributed by atoms with E-state index in [2.05, 4.69) is 26.2 Å². The maximum Gasteiger partial charge on any atom is 0.234 e. The van der Waals surface area contributed by atoms with E-state index in [0.717, 1.165) is 0 Å². The third kappa shape index (κ3) is 5.72. The molecule has 0 aliphatic rings. The Balaban J connectivity index is 1.62. The standard InChI is InChI=1S/C20H22N6O4S/c1-4-18(27)21-13-5-7-14(8-6-13)22-19(28)12-31-20-23-24-25-26(20)16-10-9-15(29-2)11-17(16)30-3/h5-11H,4,12H2,1-3H3,(H,21,27)(H,22,28).